The fourth-order valence-electron chi connectivity index (χ4n) is 3.88. The van der Waals surface area contributed by atoms with Crippen LogP contribution in [0.5, 0.6) is 0 Å². The third-order valence-corrected chi connectivity index (χ3v) is 6.05. The topological polar surface area (TPSA) is 101 Å². The minimum absolute atomic E-state index is 0.0701. The molecule has 0 unspecified atom stereocenters. The number of nitrogens with one attached hydrogen (secondary N) is 1. The van der Waals surface area contributed by atoms with Crippen LogP contribution in [0.1, 0.15) is 53.6 Å². The average molecular weight is 634 g/mol. The van der Waals surface area contributed by atoms with Gasteiger partial charge in [-0.3, -0.25) is 15.3 Å². The highest BCUT2D eigenvalue weighted by Gasteiger charge is 2.31. The monoisotopic (exact) mass is 633 g/mol. The summed E-state index contributed by atoms with van der Waals surface area (Å²) in [4.78, 5) is 31.1. The second-order valence-electron chi connectivity index (χ2n) is 10.7. The number of carboxylic acids is 1. The maximum atomic E-state index is 12.6. The molecule has 0 atom stereocenters. The zero-order chi connectivity index (χ0) is 33.7. The molecule has 1 amide bonds. The molecule has 4 aromatic rings. The first kappa shape index (κ1) is 34.5. The summed E-state index contributed by atoms with van der Waals surface area (Å²) in [6, 6.07) is 15.4. The van der Waals surface area contributed by atoms with Crippen LogP contribution in [0.2, 0.25) is 0 Å². The van der Waals surface area contributed by atoms with Gasteiger partial charge in [0.15, 0.2) is 0 Å². The Morgan fingerprint density at radius 3 is 1.44 bits per heavy atom. The number of pyridine rings is 2. The van der Waals surface area contributed by atoms with E-state index in [1.165, 1.54) is 43.3 Å². The summed E-state index contributed by atoms with van der Waals surface area (Å²) in [5.41, 5.74) is 1.33. The fourth-order valence-corrected chi connectivity index (χ4v) is 3.88. The van der Waals surface area contributed by atoms with Crippen LogP contribution in [0.4, 0.5) is 36.8 Å². The Morgan fingerprint density at radius 1 is 0.667 bits per heavy atom. The van der Waals surface area contributed by atoms with Gasteiger partial charge in [0.2, 0.25) is 0 Å². The van der Waals surface area contributed by atoms with Crippen molar-refractivity contribution in [2.24, 2.45) is 0 Å². The van der Waals surface area contributed by atoms with Crippen LogP contribution < -0.4 is 5.32 Å². The highest BCUT2D eigenvalue weighted by molar-refractivity contribution is 5.89. The first-order valence-electron chi connectivity index (χ1n) is 13.3. The van der Waals surface area contributed by atoms with Crippen LogP contribution in [-0.4, -0.2) is 32.7 Å². The number of aryl methyl sites for hydroxylation is 2. The van der Waals surface area contributed by atoms with Crippen molar-refractivity contribution in [2.75, 3.05) is 5.32 Å². The van der Waals surface area contributed by atoms with E-state index in [-0.39, 0.29) is 5.56 Å². The van der Waals surface area contributed by atoms with Gasteiger partial charge in [0, 0.05) is 11.1 Å². The van der Waals surface area contributed by atoms with Crippen LogP contribution in [0, 0.1) is 13.8 Å². The molecule has 0 saturated carbocycles. The molecule has 7 nitrogen and oxygen atoms in total. The van der Waals surface area contributed by atoms with Gasteiger partial charge >= 0.3 is 24.4 Å². The Hall–Kier alpha value is -4.94. The van der Waals surface area contributed by atoms with Crippen LogP contribution in [0.25, 0.3) is 22.5 Å². The van der Waals surface area contributed by atoms with Gasteiger partial charge in [-0.05, 0) is 83.1 Å². The van der Waals surface area contributed by atoms with E-state index in [1.54, 1.807) is 39.8 Å². The summed E-state index contributed by atoms with van der Waals surface area (Å²) in [5, 5.41) is 11.5. The Labute approximate surface area is 254 Å². The molecule has 0 aliphatic carbocycles. The molecular formula is C32H29F6N3O4. The van der Waals surface area contributed by atoms with Gasteiger partial charge in [-0.25, -0.2) is 9.59 Å². The van der Waals surface area contributed by atoms with Gasteiger partial charge in [0.05, 0.1) is 45.2 Å². The molecule has 4 rings (SSSR count). The highest BCUT2D eigenvalue weighted by atomic mass is 19.4. The first-order chi connectivity index (χ1) is 20.7. The zero-order valence-electron chi connectivity index (χ0n) is 24.8. The van der Waals surface area contributed by atoms with E-state index in [0.717, 1.165) is 24.3 Å². The van der Waals surface area contributed by atoms with E-state index >= 15 is 0 Å². The lowest BCUT2D eigenvalue weighted by atomic mass is 10.1. The fraction of sp³-hybridized carbons (Fsp3) is 0.250. The minimum atomic E-state index is -4.38. The smallest absolute Gasteiger partial charge is 0.416 e. The van der Waals surface area contributed by atoms with E-state index in [9.17, 15) is 35.9 Å². The predicted molar refractivity (Wildman–Crippen MR) is 156 cm³/mol. The van der Waals surface area contributed by atoms with Gasteiger partial charge in [0.25, 0.3) is 0 Å². The van der Waals surface area contributed by atoms with Crippen molar-refractivity contribution in [3.05, 3.63) is 101 Å². The Balaban J connectivity index is 0.000000251. The lowest BCUT2D eigenvalue weighted by Crippen LogP contribution is -2.27. The highest BCUT2D eigenvalue weighted by Crippen LogP contribution is 2.32. The number of carbonyl (C=O) groups is 2. The van der Waals surface area contributed by atoms with Crippen molar-refractivity contribution in [2.45, 2.75) is 52.6 Å². The predicted octanol–water partition coefficient (Wildman–Crippen LogP) is 9.20. The number of nitrogens with zero attached hydrogens (tertiary/aromatic N) is 2. The van der Waals surface area contributed by atoms with Gasteiger partial charge in [0.1, 0.15) is 5.60 Å². The number of aromatic nitrogens is 2. The molecule has 0 radical (unpaired) electrons. The summed E-state index contributed by atoms with van der Waals surface area (Å²) in [6.45, 7) is 8.50. The maximum absolute atomic E-state index is 12.6. The van der Waals surface area contributed by atoms with Crippen molar-refractivity contribution in [1.29, 1.82) is 0 Å². The Morgan fingerprint density at radius 2 is 1.09 bits per heavy atom. The number of carbonyl (C=O) groups excluding carboxylic acids is 1. The van der Waals surface area contributed by atoms with Crippen molar-refractivity contribution >= 4 is 17.7 Å². The second kappa shape index (κ2) is 13.4. The zero-order valence-corrected chi connectivity index (χ0v) is 24.8. The average Bonchev–Trinajstić information content (AvgIpc) is 2.92. The molecule has 238 valence electrons. The molecule has 0 aliphatic heterocycles. The lowest BCUT2D eigenvalue weighted by Gasteiger charge is -2.20. The van der Waals surface area contributed by atoms with Crippen molar-refractivity contribution in [3.8, 4) is 22.5 Å². The second-order valence-corrected chi connectivity index (χ2v) is 10.7. The van der Waals surface area contributed by atoms with E-state index in [1.807, 2.05) is 0 Å². The molecular weight excluding hydrogens is 604 g/mol. The van der Waals surface area contributed by atoms with Crippen LogP contribution in [-0.2, 0) is 17.1 Å². The first-order valence-corrected chi connectivity index (χ1v) is 13.3. The number of anilines is 1. The SMILES string of the molecule is Cc1nc(-c2ccc(C(F)(F)F)cc2)ccc1C(=O)O.Cc1nc(-c2ccc(C(F)(F)F)cc2)ccc1NC(=O)OC(C)(C)C. The third-order valence-electron chi connectivity index (χ3n) is 6.05. The molecule has 2 N–H and O–H groups in total. The number of hydrogen-bond donors (Lipinski definition) is 2. The molecule has 13 heteroatoms. The number of ether oxygens (including phenoxy) is 1. The Kier molecular flexibility index (Phi) is 10.3. The molecule has 0 spiro atoms. The maximum Gasteiger partial charge on any atom is 0.416 e. The largest absolute Gasteiger partial charge is 0.478 e. The van der Waals surface area contributed by atoms with E-state index in [2.05, 4.69) is 15.3 Å². The molecule has 45 heavy (non-hydrogen) atoms. The van der Waals surface area contributed by atoms with Gasteiger partial charge in [-0.2, -0.15) is 26.3 Å². The molecule has 2 aromatic heterocycles. The molecule has 2 heterocycles. The summed E-state index contributed by atoms with van der Waals surface area (Å²) >= 11 is 0. The van der Waals surface area contributed by atoms with E-state index in [0.29, 0.717) is 39.6 Å². The molecule has 0 bridgehead atoms. The summed E-state index contributed by atoms with van der Waals surface area (Å²) < 4.78 is 80.3. The standard InChI is InChI=1S/C18H19F3N2O2.C14H10F3NO2/c1-11-14(23-16(24)25-17(2,3)4)9-10-15(22-11)12-5-7-13(8-6-12)18(19,20)21;1-8-11(13(19)20)6-7-12(18-8)9-2-4-10(5-3-9)14(15,16)17/h5-10H,1-4H3,(H,23,24);2-7H,1H3,(H,19,20). The van der Waals surface area contributed by atoms with Gasteiger partial charge in [-0.15, -0.1) is 0 Å². The molecule has 2 aromatic carbocycles. The summed E-state index contributed by atoms with van der Waals surface area (Å²) in [7, 11) is 0. The lowest BCUT2D eigenvalue weighted by molar-refractivity contribution is -0.138. The summed E-state index contributed by atoms with van der Waals surface area (Å²) in [5.74, 6) is -1.09. The number of aromatic carboxylic acids is 1. The number of benzene rings is 2. The number of carboxylic acid groups (broad SMARTS) is 1. The van der Waals surface area contributed by atoms with Gasteiger partial charge < -0.3 is 9.84 Å². The number of rotatable bonds is 4. The molecule has 0 fully saturated rings. The van der Waals surface area contributed by atoms with E-state index < -0.39 is 41.1 Å². The van der Waals surface area contributed by atoms with E-state index in [4.69, 9.17) is 9.84 Å². The number of alkyl halides is 6. The Bertz CT molecular complexity index is 1660. The molecule has 0 saturated heterocycles. The third kappa shape index (κ3) is 9.78. The molecule has 0 aliphatic rings. The number of hydrogen-bond acceptors (Lipinski definition) is 5. The van der Waals surface area contributed by atoms with Crippen LogP contribution in [0.3, 0.4) is 0 Å². The van der Waals surface area contributed by atoms with Crippen molar-refractivity contribution in [1.82, 2.24) is 9.97 Å². The minimum Gasteiger partial charge on any atom is -0.478 e. The summed E-state index contributed by atoms with van der Waals surface area (Å²) in [6.07, 6.45) is -9.35. The van der Waals surface area contributed by atoms with Crippen molar-refractivity contribution in [3.63, 3.8) is 0 Å². The quantitative estimate of drug-likeness (QED) is 0.217. The number of halogens is 6. The van der Waals surface area contributed by atoms with Gasteiger partial charge in [-0.1, -0.05) is 24.3 Å². The number of amides is 1. The van der Waals surface area contributed by atoms with Crippen LogP contribution in [0.15, 0.2) is 72.8 Å². The van der Waals surface area contributed by atoms with Crippen LogP contribution >= 0.6 is 0 Å². The van der Waals surface area contributed by atoms with Crippen molar-refractivity contribution < 1.29 is 45.8 Å². The normalized spacial score (nSPS) is 11.7.